The standard InChI is InChI=1S/C12H27N3S/c1-10-5-4-6-11(2)15(10)14-12(9-13)7-8-16-3/h10-12,14H,4-9,13H2,1-3H3. The Morgan fingerprint density at radius 1 is 1.38 bits per heavy atom. The van der Waals surface area contributed by atoms with Crippen LogP contribution in [0.4, 0.5) is 0 Å². The van der Waals surface area contributed by atoms with Crippen LogP contribution in [0.2, 0.25) is 0 Å². The van der Waals surface area contributed by atoms with Crippen LogP contribution in [-0.4, -0.2) is 41.7 Å². The van der Waals surface area contributed by atoms with Crippen molar-refractivity contribution in [3.8, 4) is 0 Å². The fourth-order valence-corrected chi connectivity index (χ4v) is 2.90. The third-order valence-electron chi connectivity index (χ3n) is 3.48. The van der Waals surface area contributed by atoms with Crippen molar-refractivity contribution in [2.75, 3.05) is 18.6 Å². The molecule has 0 bridgehead atoms. The highest BCUT2D eigenvalue weighted by Gasteiger charge is 2.26. The molecule has 0 radical (unpaired) electrons. The van der Waals surface area contributed by atoms with Crippen molar-refractivity contribution >= 4 is 11.8 Å². The van der Waals surface area contributed by atoms with Gasteiger partial charge in [-0.1, -0.05) is 6.42 Å². The molecule has 3 atom stereocenters. The SMILES string of the molecule is CSCCC(CN)NN1C(C)CCCC1C. The third-order valence-corrected chi connectivity index (χ3v) is 4.12. The average Bonchev–Trinajstić information content (AvgIpc) is 2.28. The van der Waals surface area contributed by atoms with Gasteiger partial charge in [0, 0.05) is 24.7 Å². The van der Waals surface area contributed by atoms with Gasteiger partial charge in [-0.25, -0.2) is 5.01 Å². The van der Waals surface area contributed by atoms with Gasteiger partial charge in [-0.3, -0.25) is 5.43 Å². The summed E-state index contributed by atoms with van der Waals surface area (Å²) in [4.78, 5) is 0. The molecule has 3 nitrogen and oxygen atoms in total. The molecule has 1 fully saturated rings. The van der Waals surface area contributed by atoms with Crippen LogP contribution in [0.25, 0.3) is 0 Å². The van der Waals surface area contributed by atoms with E-state index in [1.807, 2.05) is 11.8 Å². The summed E-state index contributed by atoms with van der Waals surface area (Å²) in [5.41, 5.74) is 9.46. The van der Waals surface area contributed by atoms with E-state index in [0.29, 0.717) is 18.1 Å². The molecule has 1 heterocycles. The molecule has 3 unspecified atom stereocenters. The lowest BCUT2D eigenvalue weighted by atomic mass is 9.99. The van der Waals surface area contributed by atoms with Crippen molar-refractivity contribution in [3.63, 3.8) is 0 Å². The van der Waals surface area contributed by atoms with Crippen LogP contribution < -0.4 is 11.2 Å². The first kappa shape index (κ1) is 14.3. The minimum Gasteiger partial charge on any atom is -0.329 e. The molecule has 16 heavy (non-hydrogen) atoms. The number of nitrogens with two attached hydrogens (primary N) is 1. The predicted octanol–water partition coefficient (Wildman–Crippen LogP) is 1.83. The number of hydrazine groups is 1. The lowest BCUT2D eigenvalue weighted by Gasteiger charge is -2.41. The van der Waals surface area contributed by atoms with E-state index in [1.54, 1.807) is 0 Å². The molecule has 0 spiro atoms. The Morgan fingerprint density at radius 3 is 2.50 bits per heavy atom. The summed E-state index contributed by atoms with van der Waals surface area (Å²) in [6, 6.07) is 1.73. The van der Waals surface area contributed by atoms with Crippen LogP contribution in [0.3, 0.4) is 0 Å². The summed E-state index contributed by atoms with van der Waals surface area (Å²) in [7, 11) is 0. The molecule has 3 N–H and O–H groups in total. The second kappa shape index (κ2) is 7.54. The zero-order valence-electron chi connectivity index (χ0n) is 10.9. The van der Waals surface area contributed by atoms with Crippen LogP contribution in [0.1, 0.15) is 39.5 Å². The molecule has 0 aromatic heterocycles. The highest BCUT2D eigenvalue weighted by atomic mass is 32.2. The smallest absolute Gasteiger partial charge is 0.0345 e. The maximum absolute atomic E-state index is 5.82. The van der Waals surface area contributed by atoms with Crippen LogP contribution in [-0.2, 0) is 0 Å². The van der Waals surface area contributed by atoms with Crippen LogP contribution >= 0.6 is 11.8 Å². The van der Waals surface area contributed by atoms with E-state index in [1.165, 1.54) is 25.0 Å². The van der Waals surface area contributed by atoms with Crippen molar-refractivity contribution in [2.45, 2.75) is 57.7 Å². The number of hydrogen-bond acceptors (Lipinski definition) is 4. The number of nitrogens with zero attached hydrogens (tertiary/aromatic N) is 1. The summed E-state index contributed by atoms with van der Waals surface area (Å²) in [6.45, 7) is 5.35. The molecule has 0 amide bonds. The second-order valence-electron chi connectivity index (χ2n) is 4.88. The second-order valence-corrected chi connectivity index (χ2v) is 5.87. The van der Waals surface area contributed by atoms with Gasteiger partial charge >= 0.3 is 0 Å². The highest BCUT2D eigenvalue weighted by molar-refractivity contribution is 7.98. The van der Waals surface area contributed by atoms with Crippen molar-refractivity contribution < 1.29 is 0 Å². The third kappa shape index (κ3) is 4.24. The molecular formula is C12H27N3S. The lowest BCUT2D eigenvalue weighted by molar-refractivity contribution is 0.0303. The molecule has 0 aliphatic carbocycles. The van der Waals surface area contributed by atoms with E-state index < -0.39 is 0 Å². The van der Waals surface area contributed by atoms with Crippen LogP contribution in [0.15, 0.2) is 0 Å². The van der Waals surface area contributed by atoms with Crippen molar-refractivity contribution in [2.24, 2.45) is 5.73 Å². The summed E-state index contributed by atoms with van der Waals surface area (Å²) in [5.74, 6) is 1.19. The van der Waals surface area contributed by atoms with Gasteiger partial charge in [0.15, 0.2) is 0 Å². The molecule has 1 rings (SSSR count). The van der Waals surface area contributed by atoms with E-state index >= 15 is 0 Å². The zero-order chi connectivity index (χ0) is 12.0. The Labute approximate surface area is 104 Å². The Kier molecular flexibility index (Phi) is 6.73. The van der Waals surface area contributed by atoms with Crippen molar-refractivity contribution in [1.29, 1.82) is 0 Å². The van der Waals surface area contributed by atoms with Gasteiger partial charge in [-0.15, -0.1) is 0 Å². The Balaban J connectivity index is 2.41. The molecule has 1 aliphatic heterocycles. The van der Waals surface area contributed by atoms with Gasteiger partial charge in [0.2, 0.25) is 0 Å². The molecule has 0 saturated carbocycles. The molecule has 1 saturated heterocycles. The molecule has 1 aliphatic rings. The van der Waals surface area contributed by atoms with Gasteiger partial charge in [-0.2, -0.15) is 11.8 Å². The number of hydrogen-bond donors (Lipinski definition) is 2. The number of piperidine rings is 1. The number of nitrogens with one attached hydrogen (secondary N) is 1. The van der Waals surface area contributed by atoms with Crippen LogP contribution in [0, 0.1) is 0 Å². The highest BCUT2D eigenvalue weighted by Crippen LogP contribution is 2.20. The largest absolute Gasteiger partial charge is 0.329 e. The minimum atomic E-state index is 0.440. The van der Waals surface area contributed by atoms with Gasteiger partial charge in [0.1, 0.15) is 0 Å². The first-order valence-corrected chi connectivity index (χ1v) is 7.82. The summed E-state index contributed by atoms with van der Waals surface area (Å²) in [6.07, 6.45) is 7.28. The Hall–Kier alpha value is 0.230. The zero-order valence-corrected chi connectivity index (χ0v) is 11.7. The average molecular weight is 245 g/mol. The van der Waals surface area contributed by atoms with Crippen LogP contribution in [0.5, 0.6) is 0 Å². The number of thioether (sulfide) groups is 1. The summed E-state index contributed by atoms with van der Waals surface area (Å²) < 4.78 is 0. The van der Waals surface area contributed by atoms with E-state index in [-0.39, 0.29) is 0 Å². The van der Waals surface area contributed by atoms with Gasteiger partial charge < -0.3 is 5.73 Å². The monoisotopic (exact) mass is 245 g/mol. The summed E-state index contributed by atoms with van der Waals surface area (Å²) in [5, 5.41) is 2.43. The molecular weight excluding hydrogens is 218 g/mol. The Bertz CT molecular complexity index is 179. The topological polar surface area (TPSA) is 41.3 Å². The normalized spacial score (nSPS) is 29.2. The first-order valence-electron chi connectivity index (χ1n) is 6.42. The maximum Gasteiger partial charge on any atom is 0.0345 e. The molecule has 0 aromatic rings. The van der Waals surface area contributed by atoms with Crippen molar-refractivity contribution in [1.82, 2.24) is 10.4 Å². The first-order chi connectivity index (χ1) is 7.69. The van der Waals surface area contributed by atoms with E-state index in [0.717, 1.165) is 13.0 Å². The number of rotatable bonds is 6. The quantitative estimate of drug-likeness (QED) is 0.749. The van der Waals surface area contributed by atoms with E-state index in [2.05, 4.69) is 30.5 Å². The van der Waals surface area contributed by atoms with Gasteiger partial charge in [0.25, 0.3) is 0 Å². The van der Waals surface area contributed by atoms with Gasteiger partial charge in [-0.05, 0) is 45.1 Å². The predicted molar refractivity (Wildman–Crippen MR) is 73.6 cm³/mol. The van der Waals surface area contributed by atoms with E-state index in [9.17, 15) is 0 Å². The fraction of sp³-hybridized carbons (Fsp3) is 1.00. The van der Waals surface area contributed by atoms with Crippen molar-refractivity contribution in [3.05, 3.63) is 0 Å². The van der Waals surface area contributed by atoms with E-state index in [4.69, 9.17) is 5.73 Å². The fourth-order valence-electron chi connectivity index (χ4n) is 2.38. The maximum atomic E-state index is 5.82. The summed E-state index contributed by atoms with van der Waals surface area (Å²) >= 11 is 1.89. The lowest BCUT2D eigenvalue weighted by Crippen LogP contribution is -2.57. The molecule has 0 aromatic carbocycles. The molecule has 96 valence electrons. The van der Waals surface area contributed by atoms with Gasteiger partial charge in [0.05, 0.1) is 0 Å². The molecule has 4 heteroatoms. The minimum absolute atomic E-state index is 0.440. The Morgan fingerprint density at radius 2 is 2.00 bits per heavy atom.